The van der Waals surface area contributed by atoms with Crippen molar-refractivity contribution >= 4 is 21.9 Å². The molecule has 0 amide bonds. The minimum atomic E-state index is -0.872. The number of aromatic nitrogens is 1. The molecule has 3 nitrogen and oxygen atoms in total. The maximum atomic E-state index is 11.1. The van der Waals surface area contributed by atoms with E-state index in [9.17, 15) is 4.79 Å². The molecular formula is C14H14BrNO2. The summed E-state index contributed by atoms with van der Waals surface area (Å²) in [5.41, 5.74) is 3.27. The molecule has 0 unspecified atom stereocenters. The van der Waals surface area contributed by atoms with Gasteiger partial charge in [-0.25, -0.2) is 4.79 Å². The van der Waals surface area contributed by atoms with Crippen LogP contribution in [0.3, 0.4) is 0 Å². The fourth-order valence-corrected chi connectivity index (χ4v) is 2.53. The zero-order chi connectivity index (χ0) is 13.3. The lowest BCUT2D eigenvalue weighted by atomic mass is 10.2. The second kappa shape index (κ2) is 4.98. The highest BCUT2D eigenvalue weighted by Crippen LogP contribution is 2.19. The highest BCUT2D eigenvalue weighted by molar-refractivity contribution is 9.10. The van der Waals surface area contributed by atoms with Crippen molar-refractivity contribution in [2.75, 3.05) is 0 Å². The van der Waals surface area contributed by atoms with Gasteiger partial charge in [-0.15, -0.1) is 0 Å². The molecule has 2 rings (SSSR count). The van der Waals surface area contributed by atoms with E-state index in [2.05, 4.69) is 15.9 Å². The number of nitrogens with zero attached hydrogens (tertiary/aromatic N) is 1. The van der Waals surface area contributed by atoms with Crippen molar-refractivity contribution in [2.45, 2.75) is 20.4 Å². The zero-order valence-electron chi connectivity index (χ0n) is 10.3. The van der Waals surface area contributed by atoms with Crippen molar-refractivity contribution in [3.63, 3.8) is 0 Å². The Bertz CT molecular complexity index is 602. The maximum Gasteiger partial charge on any atom is 0.337 e. The normalized spacial score (nSPS) is 10.6. The van der Waals surface area contributed by atoms with E-state index in [1.165, 1.54) is 0 Å². The van der Waals surface area contributed by atoms with Crippen LogP contribution in [0.1, 0.15) is 27.3 Å². The Morgan fingerprint density at radius 1 is 1.33 bits per heavy atom. The van der Waals surface area contributed by atoms with Crippen molar-refractivity contribution in [3.8, 4) is 0 Å². The van der Waals surface area contributed by atoms with Gasteiger partial charge in [0, 0.05) is 22.4 Å². The van der Waals surface area contributed by atoms with Crippen LogP contribution in [0, 0.1) is 13.8 Å². The second-order valence-electron chi connectivity index (χ2n) is 4.31. The predicted molar refractivity (Wildman–Crippen MR) is 74.1 cm³/mol. The molecule has 0 saturated heterocycles. The lowest BCUT2D eigenvalue weighted by molar-refractivity contribution is 0.0696. The maximum absolute atomic E-state index is 11.1. The Kier molecular flexibility index (Phi) is 3.57. The number of carboxylic acids is 1. The van der Waals surface area contributed by atoms with Crippen molar-refractivity contribution < 1.29 is 9.90 Å². The van der Waals surface area contributed by atoms with Crippen molar-refractivity contribution in [3.05, 3.63) is 57.3 Å². The molecule has 0 atom stereocenters. The van der Waals surface area contributed by atoms with Gasteiger partial charge in [-0.2, -0.15) is 0 Å². The molecule has 4 heteroatoms. The topological polar surface area (TPSA) is 42.2 Å². The minimum Gasteiger partial charge on any atom is -0.478 e. The first-order valence-corrected chi connectivity index (χ1v) is 6.43. The third-order valence-corrected chi connectivity index (χ3v) is 3.53. The first-order chi connectivity index (χ1) is 8.49. The summed E-state index contributed by atoms with van der Waals surface area (Å²) in [5.74, 6) is -0.872. The number of aromatic carboxylic acids is 1. The third-order valence-electron chi connectivity index (χ3n) is 3.03. The van der Waals surface area contributed by atoms with E-state index in [1.807, 2.05) is 42.7 Å². The monoisotopic (exact) mass is 307 g/mol. The molecule has 0 saturated carbocycles. The minimum absolute atomic E-state index is 0.377. The lowest BCUT2D eigenvalue weighted by Crippen LogP contribution is -2.05. The molecule has 18 heavy (non-hydrogen) atoms. The van der Waals surface area contributed by atoms with Crippen LogP contribution in [-0.4, -0.2) is 15.6 Å². The molecule has 1 N–H and O–H groups in total. The van der Waals surface area contributed by atoms with Gasteiger partial charge in [-0.3, -0.25) is 0 Å². The third kappa shape index (κ3) is 2.48. The number of carbonyl (C=O) groups is 1. The molecule has 0 aliphatic rings. The number of aryl methyl sites for hydroxylation is 1. The van der Waals surface area contributed by atoms with Gasteiger partial charge in [0.05, 0.1) is 5.56 Å². The summed E-state index contributed by atoms with van der Waals surface area (Å²) in [6, 6.07) is 9.74. The number of halogens is 1. The van der Waals surface area contributed by atoms with E-state index < -0.39 is 5.97 Å². The summed E-state index contributed by atoms with van der Waals surface area (Å²) in [4.78, 5) is 11.1. The predicted octanol–water partition coefficient (Wildman–Crippen LogP) is 3.61. The summed E-state index contributed by atoms with van der Waals surface area (Å²) in [7, 11) is 0. The summed E-state index contributed by atoms with van der Waals surface area (Å²) < 4.78 is 3.05. The van der Waals surface area contributed by atoms with Crippen LogP contribution in [0.2, 0.25) is 0 Å². The molecule has 1 aromatic heterocycles. The Balaban J connectivity index is 2.38. The SMILES string of the molecule is Cc1cc(C(=O)O)c(C)n1Cc1cccc(Br)c1. The van der Waals surface area contributed by atoms with E-state index in [-0.39, 0.29) is 0 Å². The van der Waals surface area contributed by atoms with Crippen LogP contribution in [-0.2, 0) is 6.54 Å². The van der Waals surface area contributed by atoms with Gasteiger partial charge in [0.1, 0.15) is 0 Å². The number of rotatable bonds is 3. The largest absolute Gasteiger partial charge is 0.478 e. The molecule has 0 radical (unpaired) electrons. The highest BCUT2D eigenvalue weighted by atomic mass is 79.9. The van der Waals surface area contributed by atoms with E-state index in [4.69, 9.17) is 5.11 Å². The van der Waals surface area contributed by atoms with Gasteiger partial charge in [-0.05, 0) is 37.6 Å². The van der Waals surface area contributed by atoms with Gasteiger partial charge in [-0.1, -0.05) is 28.1 Å². The van der Waals surface area contributed by atoms with Crippen LogP contribution in [0.4, 0.5) is 0 Å². The van der Waals surface area contributed by atoms with E-state index in [1.54, 1.807) is 6.07 Å². The summed E-state index contributed by atoms with van der Waals surface area (Å²) in [6.07, 6.45) is 0. The van der Waals surface area contributed by atoms with Crippen LogP contribution in [0.5, 0.6) is 0 Å². The second-order valence-corrected chi connectivity index (χ2v) is 5.22. The Morgan fingerprint density at radius 3 is 2.61 bits per heavy atom. The van der Waals surface area contributed by atoms with Crippen LogP contribution in [0.15, 0.2) is 34.8 Å². The summed E-state index contributed by atoms with van der Waals surface area (Å²) in [6.45, 7) is 4.45. The Morgan fingerprint density at radius 2 is 2.06 bits per heavy atom. The fourth-order valence-electron chi connectivity index (χ4n) is 2.08. The van der Waals surface area contributed by atoms with E-state index in [0.29, 0.717) is 12.1 Å². The lowest BCUT2D eigenvalue weighted by Gasteiger charge is -2.10. The number of benzene rings is 1. The Labute approximate surface area is 114 Å². The van der Waals surface area contributed by atoms with Gasteiger partial charge in [0.15, 0.2) is 0 Å². The Hall–Kier alpha value is -1.55. The molecule has 1 aromatic carbocycles. The van der Waals surface area contributed by atoms with Gasteiger partial charge in [0.2, 0.25) is 0 Å². The highest BCUT2D eigenvalue weighted by Gasteiger charge is 2.14. The summed E-state index contributed by atoms with van der Waals surface area (Å²) >= 11 is 3.44. The van der Waals surface area contributed by atoms with Crippen molar-refractivity contribution in [2.24, 2.45) is 0 Å². The van der Waals surface area contributed by atoms with Gasteiger partial charge < -0.3 is 9.67 Å². The molecular weight excluding hydrogens is 294 g/mol. The molecule has 0 fully saturated rings. The average molecular weight is 308 g/mol. The van der Waals surface area contributed by atoms with Gasteiger partial charge >= 0.3 is 5.97 Å². The molecule has 2 aromatic rings. The van der Waals surface area contributed by atoms with E-state index >= 15 is 0 Å². The summed E-state index contributed by atoms with van der Waals surface area (Å²) in [5, 5.41) is 9.09. The average Bonchev–Trinajstić information content (AvgIpc) is 2.57. The van der Waals surface area contributed by atoms with Crippen LogP contribution < -0.4 is 0 Å². The zero-order valence-corrected chi connectivity index (χ0v) is 11.9. The van der Waals surface area contributed by atoms with Gasteiger partial charge in [0.25, 0.3) is 0 Å². The van der Waals surface area contributed by atoms with Crippen molar-refractivity contribution in [1.29, 1.82) is 0 Å². The smallest absolute Gasteiger partial charge is 0.337 e. The molecule has 0 aliphatic heterocycles. The standard InChI is InChI=1S/C14H14BrNO2/c1-9-6-13(14(17)18)10(2)16(9)8-11-4-3-5-12(15)7-11/h3-7H,8H2,1-2H3,(H,17,18). The van der Waals surface area contributed by atoms with Crippen molar-refractivity contribution in [1.82, 2.24) is 4.57 Å². The first kappa shape index (κ1) is 12.9. The number of hydrogen-bond donors (Lipinski definition) is 1. The molecule has 1 heterocycles. The quantitative estimate of drug-likeness (QED) is 0.941. The fraction of sp³-hybridized carbons (Fsp3) is 0.214. The van der Waals surface area contributed by atoms with Crippen LogP contribution >= 0.6 is 15.9 Å². The van der Waals surface area contributed by atoms with E-state index in [0.717, 1.165) is 21.4 Å². The molecule has 0 bridgehead atoms. The van der Waals surface area contributed by atoms with Crippen LogP contribution in [0.25, 0.3) is 0 Å². The number of carboxylic acid groups (broad SMARTS) is 1. The molecule has 0 spiro atoms. The molecule has 94 valence electrons. The first-order valence-electron chi connectivity index (χ1n) is 5.63. The molecule has 0 aliphatic carbocycles. The number of hydrogen-bond acceptors (Lipinski definition) is 1.